The van der Waals surface area contributed by atoms with Crippen LogP contribution in [-0.4, -0.2) is 19.0 Å². The summed E-state index contributed by atoms with van der Waals surface area (Å²) >= 11 is 0. The van der Waals surface area contributed by atoms with E-state index in [9.17, 15) is 5.11 Å². The van der Waals surface area contributed by atoms with E-state index in [1.165, 1.54) is 0 Å². The van der Waals surface area contributed by atoms with E-state index in [-0.39, 0.29) is 12.5 Å². The summed E-state index contributed by atoms with van der Waals surface area (Å²) in [6, 6.07) is 11.2. The van der Waals surface area contributed by atoms with E-state index < -0.39 is 0 Å². The zero-order valence-electron chi connectivity index (χ0n) is 10.8. The first kappa shape index (κ1) is 11.2. The fourth-order valence-corrected chi connectivity index (χ4v) is 2.73. The van der Waals surface area contributed by atoms with Crippen molar-refractivity contribution in [1.82, 2.24) is 0 Å². The summed E-state index contributed by atoms with van der Waals surface area (Å²) in [6.07, 6.45) is 0. The SMILES string of the molecule is COc1c2c(cc3ccc4cc(O)ccc4c13)OCO2. The molecule has 0 atom stereocenters. The van der Waals surface area contributed by atoms with Gasteiger partial charge in [0, 0.05) is 5.39 Å². The Hall–Kier alpha value is -2.62. The molecule has 3 aromatic carbocycles. The molecule has 0 bridgehead atoms. The number of hydrogen-bond acceptors (Lipinski definition) is 4. The molecule has 1 aliphatic rings. The molecule has 0 spiro atoms. The summed E-state index contributed by atoms with van der Waals surface area (Å²) in [5, 5.41) is 13.6. The highest BCUT2D eigenvalue weighted by Crippen LogP contribution is 2.48. The van der Waals surface area contributed by atoms with Crippen molar-refractivity contribution in [2.45, 2.75) is 0 Å². The Morgan fingerprint density at radius 2 is 1.90 bits per heavy atom. The molecule has 4 rings (SSSR count). The smallest absolute Gasteiger partial charge is 0.231 e. The van der Waals surface area contributed by atoms with Crippen molar-refractivity contribution < 1.29 is 19.3 Å². The van der Waals surface area contributed by atoms with Gasteiger partial charge in [0.25, 0.3) is 0 Å². The van der Waals surface area contributed by atoms with Crippen LogP contribution in [0, 0.1) is 0 Å². The van der Waals surface area contributed by atoms with Crippen molar-refractivity contribution in [2.75, 3.05) is 13.9 Å². The minimum Gasteiger partial charge on any atom is -0.508 e. The van der Waals surface area contributed by atoms with Gasteiger partial charge in [-0.05, 0) is 40.4 Å². The third-order valence-corrected chi connectivity index (χ3v) is 3.60. The van der Waals surface area contributed by atoms with Gasteiger partial charge in [-0.2, -0.15) is 0 Å². The van der Waals surface area contributed by atoms with Gasteiger partial charge in [0.1, 0.15) is 5.75 Å². The van der Waals surface area contributed by atoms with Gasteiger partial charge in [-0.25, -0.2) is 0 Å². The molecule has 4 nitrogen and oxygen atoms in total. The fourth-order valence-electron chi connectivity index (χ4n) is 2.73. The second-order valence-corrected chi connectivity index (χ2v) is 4.71. The van der Waals surface area contributed by atoms with Crippen molar-refractivity contribution in [3.8, 4) is 23.0 Å². The highest BCUT2D eigenvalue weighted by atomic mass is 16.7. The maximum atomic E-state index is 9.61. The van der Waals surface area contributed by atoms with Gasteiger partial charge in [-0.15, -0.1) is 0 Å². The van der Waals surface area contributed by atoms with Gasteiger partial charge in [0.05, 0.1) is 7.11 Å². The van der Waals surface area contributed by atoms with Crippen LogP contribution in [0.5, 0.6) is 23.0 Å². The zero-order chi connectivity index (χ0) is 13.7. The second kappa shape index (κ2) is 3.93. The molecule has 100 valence electrons. The van der Waals surface area contributed by atoms with E-state index in [0.29, 0.717) is 17.2 Å². The Labute approximate surface area is 115 Å². The summed E-state index contributed by atoms with van der Waals surface area (Å²) < 4.78 is 16.5. The number of aromatic hydroxyl groups is 1. The van der Waals surface area contributed by atoms with Gasteiger partial charge in [-0.3, -0.25) is 0 Å². The zero-order valence-corrected chi connectivity index (χ0v) is 10.8. The molecule has 0 aliphatic carbocycles. The standard InChI is InChI=1S/C16H12O4/c1-18-16-14-10(7-13-15(16)20-8-19-13)3-2-9-6-11(17)4-5-12(9)14/h2-7,17H,8H2,1H3. The van der Waals surface area contributed by atoms with E-state index in [1.807, 2.05) is 24.3 Å². The first-order valence-electron chi connectivity index (χ1n) is 6.30. The van der Waals surface area contributed by atoms with Crippen LogP contribution >= 0.6 is 0 Å². The molecule has 1 aliphatic heterocycles. The summed E-state index contributed by atoms with van der Waals surface area (Å²) in [6.45, 7) is 0.209. The summed E-state index contributed by atoms with van der Waals surface area (Å²) in [7, 11) is 1.62. The lowest BCUT2D eigenvalue weighted by molar-refractivity contribution is 0.171. The molecule has 0 fully saturated rings. The van der Waals surface area contributed by atoms with E-state index in [1.54, 1.807) is 19.2 Å². The van der Waals surface area contributed by atoms with Gasteiger partial charge in [-0.1, -0.05) is 12.1 Å². The molecule has 0 amide bonds. The van der Waals surface area contributed by atoms with Crippen LogP contribution < -0.4 is 14.2 Å². The first-order chi connectivity index (χ1) is 9.78. The Morgan fingerprint density at radius 3 is 2.75 bits per heavy atom. The van der Waals surface area contributed by atoms with Crippen LogP contribution in [0.2, 0.25) is 0 Å². The lowest BCUT2D eigenvalue weighted by Gasteiger charge is -2.11. The highest BCUT2D eigenvalue weighted by molar-refractivity contribution is 6.12. The Bertz CT molecular complexity index is 839. The number of methoxy groups -OCH3 is 1. The Kier molecular flexibility index (Phi) is 2.21. The average Bonchev–Trinajstić information content (AvgIpc) is 2.92. The number of benzene rings is 3. The predicted octanol–water partition coefficient (Wildman–Crippen LogP) is 3.44. The van der Waals surface area contributed by atoms with Crippen LogP contribution in [0.1, 0.15) is 0 Å². The molecule has 4 heteroatoms. The molecule has 0 radical (unpaired) electrons. The van der Waals surface area contributed by atoms with Gasteiger partial charge in [0.2, 0.25) is 12.5 Å². The van der Waals surface area contributed by atoms with Gasteiger partial charge < -0.3 is 19.3 Å². The summed E-state index contributed by atoms with van der Waals surface area (Å²) in [4.78, 5) is 0. The maximum absolute atomic E-state index is 9.61. The second-order valence-electron chi connectivity index (χ2n) is 4.71. The minimum atomic E-state index is 0.209. The molecule has 0 aromatic heterocycles. The Balaban J connectivity index is 2.20. The van der Waals surface area contributed by atoms with Crippen molar-refractivity contribution in [3.05, 3.63) is 36.4 Å². The van der Waals surface area contributed by atoms with Crippen LogP contribution in [-0.2, 0) is 0 Å². The topological polar surface area (TPSA) is 47.9 Å². The quantitative estimate of drug-likeness (QED) is 0.687. The van der Waals surface area contributed by atoms with Crippen LogP contribution in [0.3, 0.4) is 0 Å². The first-order valence-corrected chi connectivity index (χ1v) is 6.30. The monoisotopic (exact) mass is 268 g/mol. The Morgan fingerprint density at radius 1 is 1.05 bits per heavy atom. The third kappa shape index (κ3) is 1.42. The third-order valence-electron chi connectivity index (χ3n) is 3.60. The number of phenols is 1. The average molecular weight is 268 g/mol. The molecule has 0 saturated carbocycles. The highest BCUT2D eigenvalue weighted by Gasteiger charge is 2.23. The van der Waals surface area contributed by atoms with E-state index in [0.717, 1.165) is 21.5 Å². The normalized spacial score (nSPS) is 13.1. The summed E-state index contributed by atoms with van der Waals surface area (Å²) in [5.74, 6) is 2.26. The molecule has 0 saturated heterocycles. The van der Waals surface area contributed by atoms with Crippen molar-refractivity contribution in [1.29, 1.82) is 0 Å². The molecule has 3 aromatic rings. The lowest BCUT2D eigenvalue weighted by atomic mass is 10.00. The summed E-state index contributed by atoms with van der Waals surface area (Å²) in [5.41, 5.74) is 0. The van der Waals surface area contributed by atoms with Gasteiger partial charge in [0.15, 0.2) is 11.5 Å². The minimum absolute atomic E-state index is 0.209. The molecular weight excluding hydrogens is 256 g/mol. The van der Waals surface area contributed by atoms with E-state index >= 15 is 0 Å². The molecule has 1 heterocycles. The molecular formula is C16H12O4. The fraction of sp³-hybridized carbons (Fsp3) is 0.125. The largest absolute Gasteiger partial charge is 0.508 e. The van der Waals surface area contributed by atoms with Crippen LogP contribution in [0.4, 0.5) is 0 Å². The molecule has 0 unspecified atom stereocenters. The molecule has 20 heavy (non-hydrogen) atoms. The maximum Gasteiger partial charge on any atom is 0.231 e. The van der Waals surface area contributed by atoms with Crippen molar-refractivity contribution >= 4 is 21.5 Å². The van der Waals surface area contributed by atoms with Gasteiger partial charge >= 0.3 is 0 Å². The number of fused-ring (bicyclic) bond motifs is 4. The van der Waals surface area contributed by atoms with E-state index in [2.05, 4.69) is 0 Å². The lowest BCUT2D eigenvalue weighted by Crippen LogP contribution is -1.94. The van der Waals surface area contributed by atoms with Crippen LogP contribution in [0.25, 0.3) is 21.5 Å². The number of phenolic OH excluding ortho intramolecular Hbond substituents is 1. The molecule has 1 N–H and O–H groups in total. The van der Waals surface area contributed by atoms with Crippen molar-refractivity contribution in [2.24, 2.45) is 0 Å². The van der Waals surface area contributed by atoms with E-state index in [4.69, 9.17) is 14.2 Å². The van der Waals surface area contributed by atoms with Crippen LogP contribution in [0.15, 0.2) is 36.4 Å². The number of hydrogen-bond donors (Lipinski definition) is 1. The number of rotatable bonds is 1. The number of ether oxygens (including phenoxy) is 3. The predicted molar refractivity (Wildman–Crippen MR) is 75.8 cm³/mol. The van der Waals surface area contributed by atoms with Crippen molar-refractivity contribution in [3.63, 3.8) is 0 Å².